The Hall–Kier alpha value is -0.760. The molecule has 0 unspecified atom stereocenters. The molecule has 0 bridgehead atoms. The molecule has 0 aliphatic carbocycles. The first-order valence-corrected chi connectivity index (χ1v) is 4.49. The minimum Gasteiger partial charge on any atom is -0.288 e. The lowest BCUT2D eigenvalue weighted by Gasteiger charge is -1.97. The van der Waals surface area contributed by atoms with Gasteiger partial charge in [-0.1, -0.05) is 30.3 Å². The molecule has 0 saturated heterocycles. The van der Waals surface area contributed by atoms with E-state index in [2.05, 4.69) is 24.8 Å². The lowest BCUT2D eigenvalue weighted by Crippen LogP contribution is -1.89. The molecule has 64 valence electrons. The molecule has 0 aliphatic heterocycles. The Labute approximate surface area is 78.2 Å². The van der Waals surface area contributed by atoms with E-state index in [9.17, 15) is 4.79 Å². The third-order valence-electron chi connectivity index (χ3n) is 1.70. The van der Waals surface area contributed by atoms with Gasteiger partial charge in [-0.3, -0.25) is 4.79 Å². The minimum atomic E-state index is -0.0223. The van der Waals surface area contributed by atoms with Crippen LogP contribution in [0.5, 0.6) is 0 Å². The van der Waals surface area contributed by atoms with E-state index in [1.54, 1.807) is 0 Å². The van der Waals surface area contributed by atoms with E-state index in [1.807, 2.05) is 18.2 Å². The van der Waals surface area contributed by atoms with Crippen molar-refractivity contribution in [1.29, 1.82) is 0 Å². The van der Waals surface area contributed by atoms with Crippen LogP contribution in [0.1, 0.15) is 18.4 Å². The van der Waals surface area contributed by atoms with Gasteiger partial charge in [0, 0.05) is 6.42 Å². The molecule has 1 aromatic rings. The Morgan fingerprint density at radius 2 is 1.92 bits per heavy atom. The third kappa shape index (κ3) is 3.58. The molecular weight excluding hydrogens is 168 g/mol. The maximum absolute atomic E-state index is 10.5. The molecule has 1 nitrogen and oxygen atoms in total. The number of aryl methyl sites for hydroxylation is 1. The lowest BCUT2D eigenvalue weighted by molar-refractivity contribution is -0.110. The molecule has 0 aromatic heterocycles. The van der Waals surface area contributed by atoms with Crippen LogP contribution in [0.4, 0.5) is 0 Å². The molecule has 0 heterocycles. The molecule has 0 radical (unpaired) electrons. The highest BCUT2D eigenvalue weighted by atomic mass is 32.1. The van der Waals surface area contributed by atoms with Crippen LogP contribution in [0.3, 0.4) is 0 Å². The van der Waals surface area contributed by atoms with Crippen molar-refractivity contribution in [3.8, 4) is 0 Å². The van der Waals surface area contributed by atoms with Gasteiger partial charge in [-0.2, -0.15) is 0 Å². The van der Waals surface area contributed by atoms with Crippen molar-refractivity contribution in [3.05, 3.63) is 35.9 Å². The maximum atomic E-state index is 10.5. The van der Waals surface area contributed by atoms with Gasteiger partial charge in [0.1, 0.15) is 0 Å². The van der Waals surface area contributed by atoms with Gasteiger partial charge in [-0.25, -0.2) is 0 Å². The fourth-order valence-corrected chi connectivity index (χ4v) is 1.25. The standard InChI is InChI=1S/C10H12OS/c11-10(12)8-4-7-9-5-2-1-3-6-9/h1-3,5-6H,4,7-8H2,(H,11,12). The fourth-order valence-electron chi connectivity index (χ4n) is 1.09. The van der Waals surface area contributed by atoms with Gasteiger partial charge < -0.3 is 0 Å². The first-order chi connectivity index (χ1) is 5.79. The van der Waals surface area contributed by atoms with E-state index < -0.39 is 0 Å². The smallest absolute Gasteiger partial charge is 0.185 e. The predicted molar refractivity (Wildman–Crippen MR) is 53.4 cm³/mol. The van der Waals surface area contributed by atoms with Crippen LogP contribution in [-0.4, -0.2) is 5.12 Å². The van der Waals surface area contributed by atoms with Gasteiger partial charge >= 0.3 is 0 Å². The molecular formula is C10H12OS. The largest absolute Gasteiger partial charge is 0.288 e. The lowest BCUT2D eigenvalue weighted by atomic mass is 10.1. The zero-order chi connectivity index (χ0) is 8.81. The average Bonchev–Trinajstić information content (AvgIpc) is 2.05. The third-order valence-corrected chi connectivity index (χ3v) is 1.92. The number of carbonyl (C=O) groups is 1. The maximum Gasteiger partial charge on any atom is 0.185 e. The highest BCUT2D eigenvalue weighted by Crippen LogP contribution is 2.05. The first kappa shape index (κ1) is 9.33. The summed E-state index contributed by atoms with van der Waals surface area (Å²) in [7, 11) is 0. The Balaban J connectivity index is 2.29. The van der Waals surface area contributed by atoms with Crippen molar-refractivity contribution in [2.45, 2.75) is 19.3 Å². The molecule has 0 aliphatic rings. The molecule has 12 heavy (non-hydrogen) atoms. The van der Waals surface area contributed by atoms with Gasteiger partial charge in [0.2, 0.25) is 0 Å². The number of benzene rings is 1. The summed E-state index contributed by atoms with van der Waals surface area (Å²) in [6.45, 7) is 0. The normalized spacial score (nSPS) is 9.75. The topological polar surface area (TPSA) is 17.1 Å². The van der Waals surface area contributed by atoms with Crippen LogP contribution in [0.2, 0.25) is 0 Å². The number of hydrogen-bond acceptors (Lipinski definition) is 1. The van der Waals surface area contributed by atoms with Crippen LogP contribution in [0.15, 0.2) is 30.3 Å². The van der Waals surface area contributed by atoms with E-state index in [0.717, 1.165) is 12.8 Å². The monoisotopic (exact) mass is 180 g/mol. The number of rotatable bonds is 4. The summed E-state index contributed by atoms with van der Waals surface area (Å²) in [6, 6.07) is 10.2. The number of thiol groups is 1. The predicted octanol–water partition coefficient (Wildman–Crippen LogP) is 2.47. The van der Waals surface area contributed by atoms with Crippen molar-refractivity contribution >= 4 is 17.7 Å². The Morgan fingerprint density at radius 3 is 2.50 bits per heavy atom. The Morgan fingerprint density at radius 1 is 1.25 bits per heavy atom. The van der Waals surface area contributed by atoms with Crippen molar-refractivity contribution in [2.75, 3.05) is 0 Å². The summed E-state index contributed by atoms with van der Waals surface area (Å²) in [5.41, 5.74) is 1.28. The van der Waals surface area contributed by atoms with Crippen molar-refractivity contribution in [3.63, 3.8) is 0 Å². The van der Waals surface area contributed by atoms with E-state index in [-0.39, 0.29) is 5.12 Å². The molecule has 0 fully saturated rings. The molecule has 0 amide bonds. The van der Waals surface area contributed by atoms with E-state index in [1.165, 1.54) is 5.56 Å². The van der Waals surface area contributed by atoms with Crippen LogP contribution in [0.25, 0.3) is 0 Å². The average molecular weight is 180 g/mol. The molecule has 0 N–H and O–H groups in total. The van der Waals surface area contributed by atoms with Crippen LogP contribution >= 0.6 is 12.6 Å². The van der Waals surface area contributed by atoms with Crippen molar-refractivity contribution < 1.29 is 4.79 Å². The summed E-state index contributed by atoms with van der Waals surface area (Å²) in [5.74, 6) is 0. The summed E-state index contributed by atoms with van der Waals surface area (Å²) in [4.78, 5) is 10.5. The van der Waals surface area contributed by atoms with Gasteiger partial charge in [-0.05, 0) is 18.4 Å². The van der Waals surface area contributed by atoms with Gasteiger partial charge in [0.15, 0.2) is 5.12 Å². The van der Waals surface area contributed by atoms with Gasteiger partial charge in [-0.15, -0.1) is 12.6 Å². The second-order valence-corrected chi connectivity index (χ2v) is 3.23. The zero-order valence-corrected chi connectivity index (χ0v) is 7.76. The van der Waals surface area contributed by atoms with Gasteiger partial charge in [0.05, 0.1) is 0 Å². The Kier molecular flexibility index (Phi) is 3.88. The highest BCUT2D eigenvalue weighted by Gasteiger charge is 1.95. The highest BCUT2D eigenvalue weighted by molar-refractivity contribution is 7.96. The van der Waals surface area contributed by atoms with Crippen molar-refractivity contribution in [2.24, 2.45) is 0 Å². The molecule has 0 saturated carbocycles. The molecule has 0 atom stereocenters. The summed E-state index contributed by atoms with van der Waals surface area (Å²) in [5, 5.41) is -0.0223. The fraction of sp³-hybridized carbons (Fsp3) is 0.300. The zero-order valence-electron chi connectivity index (χ0n) is 6.86. The Bertz CT molecular complexity index is 243. The molecule has 0 spiro atoms. The first-order valence-electron chi connectivity index (χ1n) is 4.05. The van der Waals surface area contributed by atoms with Crippen LogP contribution in [0, 0.1) is 0 Å². The van der Waals surface area contributed by atoms with Gasteiger partial charge in [0.25, 0.3) is 0 Å². The van der Waals surface area contributed by atoms with E-state index >= 15 is 0 Å². The van der Waals surface area contributed by atoms with Crippen molar-refractivity contribution in [1.82, 2.24) is 0 Å². The second kappa shape index (κ2) is 4.99. The molecule has 1 rings (SSSR count). The van der Waals surface area contributed by atoms with E-state index in [0.29, 0.717) is 6.42 Å². The summed E-state index contributed by atoms with van der Waals surface area (Å²) in [6.07, 6.45) is 2.43. The van der Waals surface area contributed by atoms with Crippen LogP contribution in [-0.2, 0) is 11.2 Å². The quantitative estimate of drug-likeness (QED) is 0.704. The summed E-state index contributed by atoms with van der Waals surface area (Å²) < 4.78 is 0. The molecule has 2 heteroatoms. The number of hydrogen-bond donors (Lipinski definition) is 1. The van der Waals surface area contributed by atoms with E-state index in [4.69, 9.17) is 0 Å². The second-order valence-electron chi connectivity index (χ2n) is 2.73. The summed E-state index contributed by atoms with van der Waals surface area (Å²) >= 11 is 3.71. The molecule has 1 aromatic carbocycles. The number of carbonyl (C=O) groups excluding carboxylic acids is 1. The van der Waals surface area contributed by atoms with Crippen LogP contribution < -0.4 is 0 Å². The SMILES string of the molecule is O=C(S)CCCc1ccccc1. The minimum absolute atomic E-state index is 0.0223.